The van der Waals surface area contributed by atoms with Crippen molar-refractivity contribution in [2.24, 2.45) is 11.0 Å². The van der Waals surface area contributed by atoms with E-state index in [4.69, 9.17) is 9.47 Å². The SMILES string of the molecule is COc1cc(/C=N\NC(=O)c2ccccc2)ccc1OC(=O)C1CC1. The Morgan fingerprint density at radius 3 is 2.56 bits per heavy atom. The molecular weight excluding hydrogens is 320 g/mol. The largest absolute Gasteiger partial charge is 0.493 e. The Kier molecular flexibility index (Phi) is 5.09. The molecule has 6 heteroatoms. The summed E-state index contributed by atoms with van der Waals surface area (Å²) in [7, 11) is 1.50. The number of methoxy groups -OCH3 is 1. The van der Waals surface area contributed by atoms with Crippen molar-refractivity contribution in [2.45, 2.75) is 12.8 Å². The molecule has 1 fully saturated rings. The van der Waals surface area contributed by atoms with Crippen LogP contribution < -0.4 is 14.9 Å². The Labute approximate surface area is 145 Å². The first-order chi connectivity index (χ1) is 12.2. The molecule has 0 saturated heterocycles. The summed E-state index contributed by atoms with van der Waals surface area (Å²) in [4.78, 5) is 23.7. The lowest BCUT2D eigenvalue weighted by Gasteiger charge is -2.09. The van der Waals surface area contributed by atoms with Crippen LogP contribution in [0.15, 0.2) is 53.6 Å². The molecule has 128 valence electrons. The van der Waals surface area contributed by atoms with Crippen molar-refractivity contribution in [2.75, 3.05) is 7.11 Å². The molecule has 0 atom stereocenters. The van der Waals surface area contributed by atoms with Gasteiger partial charge in [0.05, 0.1) is 19.2 Å². The third-order valence-corrected chi connectivity index (χ3v) is 3.72. The molecule has 0 aromatic heterocycles. The van der Waals surface area contributed by atoms with Crippen LogP contribution in [0.4, 0.5) is 0 Å². The molecule has 1 saturated carbocycles. The normalized spacial score (nSPS) is 13.5. The first-order valence-corrected chi connectivity index (χ1v) is 7.95. The van der Waals surface area contributed by atoms with Crippen LogP contribution in [-0.4, -0.2) is 25.2 Å². The number of amides is 1. The van der Waals surface area contributed by atoms with Gasteiger partial charge in [-0.05, 0) is 48.7 Å². The zero-order chi connectivity index (χ0) is 17.6. The molecular formula is C19H18N2O4. The van der Waals surface area contributed by atoms with Crippen LogP contribution in [0.5, 0.6) is 11.5 Å². The second-order valence-electron chi connectivity index (χ2n) is 5.67. The summed E-state index contributed by atoms with van der Waals surface area (Å²) in [6.45, 7) is 0. The fourth-order valence-electron chi connectivity index (χ4n) is 2.18. The van der Waals surface area contributed by atoms with Gasteiger partial charge in [0.1, 0.15) is 0 Å². The van der Waals surface area contributed by atoms with Crippen LogP contribution in [0.25, 0.3) is 0 Å². The molecule has 1 N–H and O–H groups in total. The van der Waals surface area contributed by atoms with Gasteiger partial charge in [0.2, 0.25) is 0 Å². The molecule has 1 aliphatic rings. The Morgan fingerprint density at radius 1 is 1.12 bits per heavy atom. The molecule has 2 aromatic carbocycles. The molecule has 25 heavy (non-hydrogen) atoms. The summed E-state index contributed by atoms with van der Waals surface area (Å²) in [5.74, 6) is 0.310. The molecule has 0 bridgehead atoms. The molecule has 1 aliphatic carbocycles. The highest BCUT2D eigenvalue weighted by molar-refractivity contribution is 5.94. The number of carbonyl (C=O) groups excluding carboxylic acids is 2. The average Bonchev–Trinajstić information content (AvgIpc) is 3.48. The number of rotatable bonds is 6. The summed E-state index contributed by atoms with van der Waals surface area (Å²) in [5, 5.41) is 3.93. The first kappa shape index (κ1) is 16.7. The predicted molar refractivity (Wildman–Crippen MR) is 92.9 cm³/mol. The number of benzene rings is 2. The second-order valence-corrected chi connectivity index (χ2v) is 5.67. The number of carbonyl (C=O) groups is 2. The molecule has 1 amide bonds. The highest BCUT2D eigenvalue weighted by Gasteiger charge is 2.32. The third kappa shape index (κ3) is 4.44. The lowest BCUT2D eigenvalue weighted by atomic mass is 10.2. The number of nitrogens with zero attached hydrogens (tertiary/aromatic N) is 1. The summed E-state index contributed by atoms with van der Waals surface area (Å²) in [6.07, 6.45) is 3.26. The van der Waals surface area contributed by atoms with E-state index in [1.165, 1.54) is 13.3 Å². The number of hydrazone groups is 1. The van der Waals surface area contributed by atoms with Gasteiger partial charge in [0.25, 0.3) is 5.91 Å². The van der Waals surface area contributed by atoms with Gasteiger partial charge < -0.3 is 9.47 Å². The van der Waals surface area contributed by atoms with Gasteiger partial charge >= 0.3 is 5.97 Å². The van der Waals surface area contributed by atoms with E-state index in [0.29, 0.717) is 22.6 Å². The zero-order valence-corrected chi connectivity index (χ0v) is 13.8. The van der Waals surface area contributed by atoms with Crippen molar-refractivity contribution in [3.63, 3.8) is 0 Å². The number of esters is 1. The Balaban J connectivity index is 1.64. The average molecular weight is 338 g/mol. The van der Waals surface area contributed by atoms with Gasteiger partial charge in [0.15, 0.2) is 11.5 Å². The van der Waals surface area contributed by atoms with E-state index >= 15 is 0 Å². The Hall–Kier alpha value is -3.15. The van der Waals surface area contributed by atoms with Crippen LogP contribution in [0, 0.1) is 5.92 Å². The Bertz CT molecular complexity index is 798. The topological polar surface area (TPSA) is 77.0 Å². The molecule has 0 heterocycles. The first-order valence-electron chi connectivity index (χ1n) is 7.95. The minimum atomic E-state index is -0.293. The quantitative estimate of drug-likeness (QED) is 0.380. The van der Waals surface area contributed by atoms with Crippen LogP contribution in [0.2, 0.25) is 0 Å². The molecule has 0 aliphatic heterocycles. The van der Waals surface area contributed by atoms with Crippen molar-refractivity contribution in [3.8, 4) is 11.5 Å². The van der Waals surface area contributed by atoms with E-state index in [1.54, 1.807) is 42.5 Å². The van der Waals surface area contributed by atoms with Crippen LogP contribution in [0.1, 0.15) is 28.8 Å². The molecule has 2 aromatic rings. The highest BCUT2D eigenvalue weighted by atomic mass is 16.6. The zero-order valence-electron chi connectivity index (χ0n) is 13.8. The van der Waals surface area contributed by atoms with Gasteiger partial charge in [-0.2, -0.15) is 5.10 Å². The van der Waals surface area contributed by atoms with E-state index in [1.807, 2.05) is 6.07 Å². The summed E-state index contributed by atoms with van der Waals surface area (Å²) in [5.41, 5.74) is 3.69. The van der Waals surface area contributed by atoms with E-state index in [9.17, 15) is 9.59 Å². The number of hydrogen-bond donors (Lipinski definition) is 1. The van der Waals surface area contributed by atoms with Crippen LogP contribution >= 0.6 is 0 Å². The minimum absolute atomic E-state index is 0.0131. The van der Waals surface area contributed by atoms with E-state index in [0.717, 1.165) is 12.8 Å². The van der Waals surface area contributed by atoms with Gasteiger partial charge in [0, 0.05) is 5.56 Å². The van der Waals surface area contributed by atoms with E-state index < -0.39 is 0 Å². The maximum Gasteiger partial charge on any atom is 0.314 e. The number of ether oxygens (including phenoxy) is 2. The Morgan fingerprint density at radius 2 is 1.88 bits per heavy atom. The standard InChI is InChI=1S/C19H18N2O4/c1-24-17-11-13(7-10-16(17)25-19(23)15-8-9-15)12-20-21-18(22)14-5-3-2-4-6-14/h2-7,10-12,15H,8-9H2,1H3,(H,21,22)/b20-12-. The molecule has 0 unspecified atom stereocenters. The van der Waals surface area contributed by atoms with Crippen molar-refractivity contribution < 1.29 is 19.1 Å². The van der Waals surface area contributed by atoms with Crippen LogP contribution in [0.3, 0.4) is 0 Å². The van der Waals surface area contributed by atoms with Crippen molar-refractivity contribution in [1.29, 1.82) is 0 Å². The maximum atomic E-state index is 11.9. The lowest BCUT2D eigenvalue weighted by Crippen LogP contribution is -2.17. The number of nitrogens with one attached hydrogen (secondary N) is 1. The molecule has 6 nitrogen and oxygen atoms in total. The van der Waals surface area contributed by atoms with E-state index in [-0.39, 0.29) is 17.8 Å². The lowest BCUT2D eigenvalue weighted by molar-refractivity contribution is -0.135. The number of hydrogen-bond acceptors (Lipinski definition) is 5. The highest BCUT2D eigenvalue weighted by Crippen LogP contribution is 2.34. The molecule has 0 radical (unpaired) electrons. The maximum absolute atomic E-state index is 11.9. The fraction of sp³-hybridized carbons (Fsp3) is 0.211. The van der Waals surface area contributed by atoms with Gasteiger partial charge in [-0.1, -0.05) is 18.2 Å². The summed E-state index contributed by atoms with van der Waals surface area (Å²) >= 11 is 0. The fourth-order valence-corrected chi connectivity index (χ4v) is 2.18. The minimum Gasteiger partial charge on any atom is -0.493 e. The summed E-state index contributed by atoms with van der Waals surface area (Å²) < 4.78 is 10.6. The van der Waals surface area contributed by atoms with Crippen LogP contribution in [-0.2, 0) is 4.79 Å². The monoisotopic (exact) mass is 338 g/mol. The molecule has 0 spiro atoms. The molecule has 3 rings (SSSR count). The second kappa shape index (κ2) is 7.61. The van der Waals surface area contributed by atoms with Gasteiger partial charge in [-0.25, -0.2) is 5.43 Å². The third-order valence-electron chi connectivity index (χ3n) is 3.72. The van der Waals surface area contributed by atoms with Gasteiger partial charge in [-0.15, -0.1) is 0 Å². The van der Waals surface area contributed by atoms with E-state index in [2.05, 4.69) is 10.5 Å². The van der Waals surface area contributed by atoms with Crippen molar-refractivity contribution >= 4 is 18.1 Å². The summed E-state index contributed by atoms with van der Waals surface area (Å²) in [6, 6.07) is 13.9. The van der Waals surface area contributed by atoms with Crippen molar-refractivity contribution in [3.05, 3.63) is 59.7 Å². The van der Waals surface area contributed by atoms with Gasteiger partial charge in [-0.3, -0.25) is 9.59 Å². The smallest absolute Gasteiger partial charge is 0.314 e. The predicted octanol–water partition coefficient (Wildman–Crippen LogP) is 2.77. The van der Waals surface area contributed by atoms with Crippen molar-refractivity contribution in [1.82, 2.24) is 5.43 Å².